The predicted octanol–water partition coefficient (Wildman–Crippen LogP) is 3.13. The fourth-order valence-electron chi connectivity index (χ4n) is 3.21. The molecule has 134 valence electrons. The molecule has 1 fully saturated rings. The molecular weight excluding hydrogens is 310 g/mol. The van der Waals surface area contributed by atoms with Gasteiger partial charge >= 0.3 is 0 Å². The smallest absolute Gasteiger partial charge is 0.194 e. The summed E-state index contributed by atoms with van der Waals surface area (Å²) in [6.07, 6.45) is 6.39. The Labute approximate surface area is 150 Å². The number of rotatable bonds is 5. The van der Waals surface area contributed by atoms with Crippen LogP contribution in [-0.4, -0.2) is 40.0 Å². The first-order valence-electron chi connectivity index (χ1n) is 9.33. The minimum absolute atomic E-state index is 0.605. The first kappa shape index (κ1) is 17.5. The molecule has 3 rings (SSSR count). The van der Waals surface area contributed by atoms with Crippen molar-refractivity contribution in [3.05, 3.63) is 54.1 Å². The van der Waals surface area contributed by atoms with Gasteiger partial charge in [0.25, 0.3) is 0 Å². The van der Waals surface area contributed by atoms with Crippen LogP contribution in [0.1, 0.15) is 38.1 Å². The van der Waals surface area contributed by atoms with Crippen LogP contribution in [0.25, 0.3) is 0 Å². The summed E-state index contributed by atoms with van der Waals surface area (Å²) in [6.45, 7) is 8.97. The lowest BCUT2D eigenvalue weighted by Gasteiger charge is -2.32. The minimum Gasteiger partial charge on any atom is -0.357 e. The van der Waals surface area contributed by atoms with Crippen LogP contribution in [0.15, 0.2) is 47.7 Å². The fraction of sp³-hybridized carbons (Fsp3) is 0.500. The molecule has 0 bridgehead atoms. The van der Waals surface area contributed by atoms with Crippen LogP contribution in [0.3, 0.4) is 0 Å². The van der Waals surface area contributed by atoms with Crippen LogP contribution in [0.5, 0.6) is 0 Å². The summed E-state index contributed by atoms with van der Waals surface area (Å²) in [5, 5.41) is 3.44. The molecule has 0 aliphatic carbocycles. The Morgan fingerprint density at radius 2 is 2.00 bits per heavy atom. The monoisotopic (exact) mass is 339 g/mol. The number of likely N-dealkylation sites (tertiary alicyclic amines) is 1. The molecule has 25 heavy (non-hydrogen) atoms. The van der Waals surface area contributed by atoms with E-state index < -0.39 is 0 Å². The number of nitrogens with one attached hydrogen (secondary N) is 1. The van der Waals surface area contributed by atoms with Crippen molar-refractivity contribution in [2.45, 2.75) is 39.8 Å². The fourth-order valence-corrected chi connectivity index (χ4v) is 3.21. The number of aliphatic imine (C=N–C) groups is 1. The maximum absolute atomic E-state index is 4.86. The molecular formula is C20H29N5. The van der Waals surface area contributed by atoms with Gasteiger partial charge in [-0.05, 0) is 31.2 Å². The third-order valence-corrected chi connectivity index (χ3v) is 4.79. The Balaban J connectivity index is 1.68. The minimum atomic E-state index is 0.605. The van der Waals surface area contributed by atoms with Gasteiger partial charge in [0.2, 0.25) is 0 Å². The number of imidazole rings is 1. The van der Waals surface area contributed by atoms with Crippen LogP contribution in [0.2, 0.25) is 0 Å². The number of piperidine rings is 1. The molecule has 5 heteroatoms. The van der Waals surface area contributed by atoms with Crippen molar-refractivity contribution in [3.8, 4) is 0 Å². The maximum Gasteiger partial charge on any atom is 0.194 e. The average Bonchev–Trinajstić information content (AvgIpc) is 3.07. The molecule has 0 radical (unpaired) electrons. The van der Waals surface area contributed by atoms with Gasteiger partial charge in [-0.3, -0.25) is 0 Å². The molecule has 1 saturated heterocycles. The van der Waals surface area contributed by atoms with Crippen LogP contribution >= 0.6 is 0 Å². The van der Waals surface area contributed by atoms with E-state index in [1.54, 1.807) is 0 Å². The van der Waals surface area contributed by atoms with Crippen molar-refractivity contribution in [1.82, 2.24) is 19.8 Å². The second kappa shape index (κ2) is 8.70. The molecule has 1 N–H and O–H groups in total. The third-order valence-electron chi connectivity index (χ3n) is 4.79. The van der Waals surface area contributed by atoms with Gasteiger partial charge in [-0.1, -0.05) is 37.3 Å². The lowest BCUT2D eigenvalue weighted by atomic mass is 10.00. The van der Waals surface area contributed by atoms with E-state index in [9.17, 15) is 0 Å². The maximum atomic E-state index is 4.86. The molecule has 5 nitrogen and oxygen atoms in total. The van der Waals surface area contributed by atoms with E-state index in [-0.39, 0.29) is 0 Å². The van der Waals surface area contributed by atoms with Crippen LogP contribution < -0.4 is 5.32 Å². The lowest BCUT2D eigenvalue weighted by molar-refractivity contribution is 0.273. The first-order valence-corrected chi connectivity index (χ1v) is 9.33. The summed E-state index contributed by atoms with van der Waals surface area (Å²) in [4.78, 5) is 11.7. The van der Waals surface area contributed by atoms with Gasteiger partial charge in [-0.25, -0.2) is 9.98 Å². The summed E-state index contributed by atoms with van der Waals surface area (Å²) >= 11 is 0. The van der Waals surface area contributed by atoms with Crippen LogP contribution in [0, 0.1) is 5.92 Å². The lowest BCUT2D eigenvalue weighted by Crippen LogP contribution is -2.45. The quantitative estimate of drug-likeness (QED) is 0.672. The molecule has 1 aromatic heterocycles. The zero-order chi connectivity index (χ0) is 17.5. The SMILES string of the molecule is CCNC(=NCc1nccn1Cc1ccccc1)N1CCC(C)CC1. The Morgan fingerprint density at radius 3 is 2.72 bits per heavy atom. The largest absolute Gasteiger partial charge is 0.357 e. The highest BCUT2D eigenvalue weighted by Gasteiger charge is 2.18. The van der Waals surface area contributed by atoms with Crippen molar-refractivity contribution in [2.24, 2.45) is 10.9 Å². The number of nitrogens with zero attached hydrogens (tertiary/aromatic N) is 4. The third kappa shape index (κ3) is 4.84. The summed E-state index contributed by atoms with van der Waals surface area (Å²) < 4.78 is 2.18. The Kier molecular flexibility index (Phi) is 6.09. The molecule has 0 unspecified atom stereocenters. The molecule has 0 atom stereocenters. The molecule has 0 spiro atoms. The van der Waals surface area contributed by atoms with Gasteiger partial charge in [0.15, 0.2) is 5.96 Å². The Bertz CT molecular complexity index is 668. The summed E-state index contributed by atoms with van der Waals surface area (Å²) in [5.74, 6) is 2.84. The number of aromatic nitrogens is 2. The molecule has 1 aliphatic heterocycles. The Hall–Kier alpha value is -2.30. The second-order valence-electron chi connectivity index (χ2n) is 6.80. The molecule has 2 aromatic rings. The molecule has 1 aromatic carbocycles. The van der Waals surface area contributed by atoms with Crippen LogP contribution in [-0.2, 0) is 13.1 Å². The Morgan fingerprint density at radius 1 is 1.24 bits per heavy atom. The number of hydrogen-bond donors (Lipinski definition) is 1. The molecule has 1 aliphatic rings. The van der Waals surface area contributed by atoms with E-state index in [0.717, 1.165) is 43.9 Å². The van der Waals surface area contributed by atoms with Crippen molar-refractivity contribution in [1.29, 1.82) is 0 Å². The van der Waals surface area contributed by atoms with Crippen molar-refractivity contribution < 1.29 is 0 Å². The molecule has 2 heterocycles. The summed E-state index contributed by atoms with van der Waals surface area (Å²) in [6, 6.07) is 10.5. The predicted molar refractivity (Wildman–Crippen MR) is 103 cm³/mol. The standard InChI is InChI=1S/C20H29N5/c1-3-21-20(24-12-9-17(2)10-13-24)23-15-19-22-11-14-25(19)16-18-7-5-4-6-8-18/h4-8,11,14,17H,3,9-10,12-13,15-16H2,1-2H3,(H,21,23). The number of hydrogen-bond acceptors (Lipinski definition) is 2. The summed E-state index contributed by atoms with van der Waals surface area (Å²) in [7, 11) is 0. The van der Waals surface area contributed by atoms with Gasteiger partial charge in [-0.15, -0.1) is 0 Å². The normalized spacial score (nSPS) is 16.2. The van der Waals surface area contributed by atoms with E-state index in [1.165, 1.54) is 18.4 Å². The van der Waals surface area contributed by atoms with Gasteiger partial charge in [0.1, 0.15) is 12.4 Å². The highest BCUT2D eigenvalue weighted by atomic mass is 15.3. The van der Waals surface area contributed by atoms with Gasteiger partial charge in [0, 0.05) is 38.6 Å². The van der Waals surface area contributed by atoms with Gasteiger partial charge < -0.3 is 14.8 Å². The van der Waals surface area contributed by atoms with E-state index >= 15 is 0 Å². The van der Waals surface area contributed by atoms with E-state index in [1.807, 2.05) is 18.5 Å². The van der Waals surface area contributed by atoms with Crippen molar-refractivity contribution in [3.63, 3.8) is 0 Å². The second-order valence-corrected chi connectivity index (χ2v) is 6.80. The van der Waals surface area contributed by atoms with Crippen LogP contribution in [0.4, 0.5) is 0 Å². The van der Waals surface area contributed by atoms with Gasteiger partial charge in [-0.2, -0.15) is 0 Å². The topological polar surface area (TPSA) is 45.5 Å². The van der Waals surface area contributed by atoms with E-state index in [2.05, 4.69) is 57.9 Å². The average molecular weight is 339 g/mol. The highest BCUT2D eigenvalue weighted by Crippen LogP contribution is 2.16. The van der Waals surface area contributed by atoms with Gasteiger partial charge in [0.05, 0.1) is 0 Å². The number of guanidine groups is 1. The zero-order valence-electron chi connectivity index (χ0n) is 15.4. The van der Waals surface area contributed by atoms with Crippen molar-refractivity contribution in [2.75, 3.05) is 19.6 Å². The van der Waals surface area contributed by atoms with E-state index in [0.29, 0.717) is 6.54 Å². The first-order chi connectivity index (χ1) is 12.3. The molecule has 0 saturated carbocycles. The zero-order valence-corrected chi connectivity index (χ0v) is 15.4. The highest BCUT2D eigenvalue weighted by molar-refractivity contribution is 5.80. The van der Waals surface area contributed by atoms with E-state index in [4.69, 9.17) is 4.99 Å². The number of benzene rings is 1. The molecule has 0 amide bonds. The van der Waals surface area contributed by atoms with Crippen molar-refractivity contribution >= 4 is 5.96 Å². The summed E-state index contributed by atoms with van der Waals surface area (Å²) in [5.41, 5.74) is 1.28.